The lowest BCUT2D eigenvalue weighted by atomic mass is 10.3. The zero-order valence-corrected chi connectivity index (χ0v) is 17.0. The molecular formula is C20H30N6O3. The summed E-state index contributed by atoms with van der Waals surface area (Å²) in [7, 11) is 0. The molecule has 0 radical (unpaired) electrons. The molecular weight excluding hydrogens is 372 g/mol. The van der Waals surface area contributed by atoms with Crippen LogP contribution in [0.15, 0.2) is 35.3 Å². The summed E-state index contributed by atoms with van der Waals surface area (Å²) in [5.41, 5.74) is 0. The number of nitrogens with zero attached hydrogens (tertiary/aromatic N) is 4. The van der Waals surface area contributed by atoms with Gasteiger partial charge in [-0.3, -0.25) is 19.6 Å². The molecule has 0 aromatic heterocycles. The number of carbonyl (C=O) groups excluding carboxylic acids is 2. The maximum Gasteiger partial charge on any atom is 0.324 e. The second kappa shape index (κ2) is 10.7. The molecule has 0 atom stereocenters. The van der Waals surface area contributed by atoms with Gasteiger partial charge in [0.2, 0.25) is 5.91 Å². The lowest BCUT2D eigenvalue weighted by molar-refractivity contribution is -0.124. The molecule has 2 aliphatic heterocycles. The summed E-state index contributed by atoms with van der Waals surface area (Å²) in [5, 5.41) is 5.83. The van der Waals surface area contributed by atoms with Gasteiger partial charge in [-0.05, 0) is 19.1 Å². The van der Waals surface area contributed by atoms with Crippen molar-refractivity contribution in [3.05, 3.63) is 30.3 Å². The minimum Gasteiger partial charge on any atom is -0.492 e. The summed E-state index contributed by atoms with van der Waals surface area (Å²) in [6.45, 7) is 8.78. The molecule has 2 aliphatic rings. The molecule has 2 heterocycles. The van der Waals surface area contributed by atoms with Crippen LogP contribution in [0.3, 0.4) is 0 Å². The summed E-state index contributed by atoms with van der Waals surface area (Å²) in [5.74, 6) is 1.54. The van der Waals surface area contributed by atoms with Gasteiger partial charge in [-0.2, -0.15) is 0 Å². The third-order valence-electron chi connectivity index (χ3n) is 4.95. The van der Waals surface area contributed by atoms with Gasteiger partial charge >= 0.3 is 6.03 Å². The maximum atomic E-state index is 11.7. The van der Waals surface area contributed by atoms with Crippen molar-refractivity contribution in [3.8, 4) is 5.75 Å². The molecule has 2 fully saturated rings. The topological polar surface area (TPSA) is 89.5 Å². The third kappa shape index (κ3) is 6.08. The van der Waals surface area contributed by atoms with Gasteiger partial charge in [-0.1, -0.05) is 18.2 Å². The number of hydrogen-bond donors (Lipinski definition) is 2. The summed E-state index contributed by atoms with van der Waals surface area (Å²) in [4.78, 5) is 33.7. The maximum absolute atomic E-state index is 11.7. The molecule has 2 saturated heterocycles. The van der Waals surface area contributed by atoms with E-state index in [0.717, 1.165) is 51.0 Å². The van der Waals surface area contributed by atoms with E-state index >= 15 is 0 Å². The molecule has 0 bridgehead atoms. The molecule has 9 nitrogen and oxygen atoms in total. The average molecular weight is 402 g/mol. The number of ether oxygens (including phenoxy) is 1. The van der Waals surface area contributed by atoms with Crippen LogP contribution in [0.4, 0.5) is 4.79 Å². The zero-order valence-electron chi connectivity index (χ0n) is 17.0. The average Bonchev–Trinajstić information content (AvgIpc) is 3.06. The van der Waals surface area contributed by atoms with Crippen molar-refractivity contribution in [2.24, 2.45) is 4.99 Å². The Labute approximate surface area is 171 Å². The van der Waals surface area contributed by atoms with E-state index in [1.165, 1.54) is 4.90 Å². The first-order valence-electron chi connectivity index (χ1n) is 10.2. The van der Waals surface area contributed by atoms with E-state index in [1.54, 1.807) is 0 Å². The van der Waals surface area contributed by atoms with Crippen molar-refractivity contribution in [2.45, 2.75) is 6.92 Å². The molecule has 1 aromatic carbocycles. The highest BCUT2D eigenvalue weighted by Gasteiger charge is 2.27. The first kappa shape index (κ1) is 20.9. The number of para-hydroxylation sites is 1. The molecule has 2 N–H and O–H groups in total. The lowest BCUT2D eigenvalue weighted by Gasteiger charge is -2.36. The van der Waals surface area contributed by atoms with Crippen LogP contribution < -0.4 is 15.4 Å². The van der Waals surface area contributed by atoms with Gasteiger partial charge in [-0.15, -0.1) is 0 Å². The largest absolute Gasteiger partial charge is 0.492 e. The Morgan fingerprint density at radius 1 is 1.14 bits per heavy atom. The predicted octanol–water partition coefficient (Wildman–Crippen LogP) is 0.200. The van der Waals surface area contributed by atoms with Crippen LogP contribution in [-0.4, -0.2) is 98.1 Å². The second-order valence-electron chi connectivity index (χ2n) is 6.93. The molecule has 0 spiro atoms. The number of carbonyl (C=O) groups is 2. The monoisotopic (exact) mass is 402 g/mol. The molecule has 0 saturated carbocycles. The van der Waals surface area contributed by atoms with Crippen LogP contribution in [0.5, 0.6) is 5.75 Å². The summed E-state index contributed by atoms with van der Waals surface area (Å²) >= 11 is 0. The quantitative estimate of drug-likeness (QED) is 0.367. The van der Waals surface area contributed by atoms with Gasteiger partial charge in [0.1, 0.15) is 12.4 Å². The van der Waals surface area contributed by atoms with E-state index < -0.39 is 0 Å². The standard InChI is InChI=1S/C20H30N6O3/c1-2-21-19(22-8-9-26-18(27)16-23-20(26)28)25-12-10-24(11-13-25)14-15-29-17-6-4-3-5-7-17/h3-7H,2,8-16H2,1H3,(H,21,22)(H,23,28). The molecule has 3 rings (SSSR count). The molecule has 1 aromatic rings. The Morgan fingerprint density at radius 3 is 2.55 bits per heavy atom. The van der Waals surface area contributed by atoms with E-state index in [-0.39, 0.29) is 18.5 Å². The van der Waals surface area contributed by atoms with Crippen molar-refractivity contribution in [1.29, 1.82) is 0 Å². The van der Waals surface area contributed by atoms with Crippen molar-refractivity contribution in [1.82, 2.24) is 25.3 Å². The first-order chi connectivity index (χ1) is 14.2. The van der Waals surface area contributed by atoms with Gasteiger partial charge < -0.3 is 20.3 Å². The van der Waals surface area contributed by atoms with Crippen LogP contribution in [0.25, 0.3) is 0 Å². The Hall–Kier alpha value is -2.81. The van der Waals surface area contributed by atoms with Crippen LogP contribution in [0.1, 0.15) is 6.92 Å². The number of aliphatic imine (C=N–C) groups is 1. The van der Waals surface area contributed by atoms with E-state index in [2.05, 4.69) is 25.4 Å². The smallest absolute Gasteiger partial charge is 0.324 e. The third-order valence-corrected chi connectivity index (χ3v) is 4.95. The highest BCUT2D eigenvalue weighted by Crippen LogP contribution is 2.09. The van der Waals surface area contributed by atoms with Crippen molar-refractivity contribution >= 4 is 17.9 Å². The summed E-state index contributed by atoms with van der Waals surface area (Å²) < 4.78 is 5.78. The number of benzene rings is 1. The Bertz CT molecular complexity index is 687. The normalized spacial score (nSPS) is 18.2. The van der Waals surface area contributed by atoms with E-state index in [9.17, 15) is 9.59 Å². The van der Waals surface area contributed by atoms with Crippen molar-refractivity contribution < 1.29 is 14.3 Å². The number of imide groups is 1. The van der Waals surface area contributed by atoms with Crippen molar-refractivity contribution in [3.63, 3.8) is 0 Å². The van der Waals surface area contributed by atoms with Crippen LogP contribution in [-0.2, 0) is 4.79 Å². The molecule has 29 heavy (non-hydrogen) atoms. The number of urea groups is 1. The fourth-order valence-corrected chi connectivity index (χ4v) is 3.36. The van der Waals surface area contributed by atoms with E-state index in [1.807, 2.05) is 37.3 Å². The van der Waals surface area contributed by atoms with Crippen LogP contribution >= 0.6 is 0 Å². The van der Waals surface area contributed by atoms with Gasteiger partial charge in [-0.25, -0.2) is 4.79 Å². The number of hydrogen-bond acceptors (Lipinski definition) is 5. The molecule has 158 valence electrons. The number of piperazine rings is 1. The fraction of sp³-hybridized carbons (Fsp3) is 0.550. The van der Waals surface area contributed by atoms with E-state index in [4.69, 9.17) is 4.74 Å². The minimum absolute atomic E-state index is 0.0819. The highest BCUT2D eigenvalue weighted by atomic mass is 16.5. The van der Waals surface area contributed by atoms with Crippen LogP contribution in [0, 0.1) is 0 Å². The van der Waals surface area contributed by atoms with Gasteiger partial charge in [0, 0.05) is 39.3 Å². The van der Waals surface area contributed by atoms with Gasteiger partial charge in [0.25, 0.3) is 0 Å². The first-order valence-corrected chi connectivity index (χ1v) is 10.2. The second-order valence-corrected chi connectivity index (χ2v) is 6.93. The SMILES string of the molecule is CCNC(=NCCN1C(=O)CNC1=O)N1CCN(CCOc2ccccc2)CC1. The Morgan fingerprint density at radius 2 is 1.90 bits per heavy atom. The number of amides is 3. The summed E-state index contributed by atoms with van der Waals surface area (Å²) in [6.07, 6.45) is 0. The van der Waals surface area contributed by atoms with Gasteiger partial charge in [0.05, 0.1) is 19.6 Å². The Balaban J connectivity index is 1.41. The molecule has 3 amide bonds. The number of nitrogens with one attached hydrogen (secondary N) is 2. The Kier molecular flexibility index (Phi) is 7.69. The predicted molar refractivity (Wildman–Crippen MR) is 111 cm³/mol. The molecule has 9 heteroatoms. The zero-order chi connectivity index (χ0) is 20.5. The fourth-order valence-electron chi connectivity index (χ4n) is 3.36. The highest BCUT2D eigenvalue weighted by molar-refractivity contribution is 6.01. The number of guanidine groups is 1. The molecule has 0 unspecified atom stereocenters. The lowest BCUT2D eigenvalue weighted by Crippen LogP contribution is -2.53. The molecule has 0 aliphatic carbocycles. The van der Waals surface area contributed by atoms with Crippen LogP contribution in [0.2, 0.25) is 0 Å². The summed E-state index contributed by atoms with van der Waals surface area (Å²) in [6, 6.07) is 9.53. The van der Waals surface area contributed by atoms with Crippen molar-refractivity contribution in [2.75, 3.05) is 65.5 Å². The van der Waals surface area contributed by atoms with E-state index in [0.29, 0.717) is 19.7 Å². The van der Waals surface area contributed by atoms with Gasteiger partial charge in [0.15, 0.2) is 5.96 Å². The number of rotatable bonds is 8. The minimum atomic E-state index is -0.332.